The summed E-state index contributed by atoms with van der Waals surface area (Å²) in [5.74, 6) is 0. The molecule has 2 nitrogen and oxygen atoms in total. The lowest BCUT2D eigenvalue weighted by Crippen LogP contribution is -2.30. The third kappa shape index (κ3) is 2.22. The van der Waals surface area contributed by atoms with Crippen LogP contribution in [0.2, 0.25) is 0 Å². The van der Waals surface area contributed by atoms with Crippen molar-refractivity contribution in [3.05, 3.63) is 70.2 Å². The minimum atomic E-state index is 0.691. The van der Waals surface area contributed by atoms with Crippen LogP contribution in [0.5, 0.6) is 0 Å². The van der Waals surface area contributed by atoms with Crippen molar-refractivity contribution in [3.8, 4) is 0 Å². The number of benzene rings is 1. The first-order chi connectivity index (χ1) is 7.66. The molecule has 82 valence electrons. The van der Waals surface area contributed by atoms with E-state index in [-0.39, 0.29) is 0 Å². The number of hydrogen-bond acceptors (Lipinski definition) is 1. The van der Waals surface area contributed by atoms with E-state index in [1.165, 1.54) is 16.7 Å². The van der Waals surface area contributed by atoms with Gasteiger partial charge < -0.3 is 5.21 Å². The molecule has 1 aromatic heterocycles. The average Bonchev–Trinajstić information content (AvgIpc) is 2.25. The number of pyridine rings is 1. The first-order valence-electron chi connectivity index (χ1n) is 5.40. The molecule has 0 unspecified atom stereocenters. The first-order valence-corrected chi connectivity index (χ1v) is 5.40. The van der Waals surface area contributed by atoms with Crippen molar-refractivity contribution in [1.82, 2.24) is 0 Å². The Bertz CT molecular complexity index is 506. The molecule has 0 aliphatic heterocycles. The molecule has 2 aromatic rings. The van der Waals surface area contributed by atoms with E-state index in [0.717, 1.165) is 10.4 Å². The van der Waals surface area contributed by atoms with Crippen LogP contribution in [0.4, 0.5) is 0 Å². The standard InChI is InChI=1S/C14H15NO/c1-11-6-7-13(12(2)9-11)10-14-5-3-4-8-15(14)16/h3-9H,10H2,1-2H3. The zero-order valence-corrected chi connectivity index (χ0v) is 9.60. The minimum absolute atomic E-state index is 0.691. The second kappa shape index (κ2) is 4.35. The zero-order chi connectivity index (χ0) is 11.5. The fraction of sp³-hybridized carbons (Fsp3) is 0.214. The third-order valence-corrected chi connectivity index (χ3v) is 2.77. The molecule has 0 N–H and O–H groups in total. The summed E-state index contributed by atoms with van der Waals surface area (Å²) >= 11 is 0. The zero-order valence-electron chi connectivity index (χ0n) is 9.60. The van der Waals surface area contributed by atoms with Gasteiger partial charge in [0, 0.05) is 12.1 Å². The Hall–Kier alpha value is -1.83. The number of hydrogen-bond donors (Lipinski definition) is 0. The van der Waals surface area contributed by atoms with E-state index in [1.807, 2.05) is 12.1 Å². The van der Waals surface area contributed by atoms with Gasteiger partial charge in [-0.1, -0.05) is 29.8 Å². The van der Waals surface area contributed by atoms with Crippen LogP contribution in [0.15, 0.2) is 42.6 Å². The van der Waals surface area contributed by atoms with Crippen LogP contribution in [0.1, 0.15) is 22.4 Å². The molecular formula is C14H15NO. The lowest BCUT2D eigenvalue weighted by atomic mass is 10.0. The molecule has 0 fully saturated rings. The smallest absolute Gasteiger partial charge is 0.197 e. The number of aryl methyl sites for hydroxylation is 2. The molecule has 1 aromatic carbocycles. The van der Waals surface area contributed by atoms with Gasteiger partial charge in [0.25, 0.3) is 0 Å². The molecular weight excluding hydrogens is 198 g/mol. The van der Waals surface area contributed by atoms with E-state index in [2.05, 4.69) is 32.0 Å². The molecule has 2 heteroatoms. The van der Waals surface area contributed by atoms with Crippen molar-refractivity contribution < 1.29 is 4.73 Å². The summed E-state index contributed by atoms with van der Waals surface area (Å²) in [4.78, 5) is 0. The predicted molar refractivity (Wildman–Crippen MR) is 64.1 cm³/mol. The van der Waals surface area contributed by atoms with Crippen molar-refractivity contribution in [2.24, 2.45) is 0 Å². The Morgan fingerprint density at radius 3 is 2.62 bits per heavy atom. The Kier molecular flexibility index (Phi) is 2.91. The van der Waals surface area contributed by atoms with Crippen molar-refractivity contribution in [2.45, 2.75) is 20.3 Å². The Morgan fingerprint density at radius 2 is 1.94 bits per heavy atom. The predicted octanol–water partition coefficient (Wildman–Crippen LogP) is 2.53. The minimum Gasteiger partial charge on any atom is -0.618 e. The molecule has 0 saturated carbocycles. The van der Waals surface area contributed by atoms with Gasteiger partial charge in [-0.25, -0.2) is 0 Å². The summed E-state index contributed by atoms with van der Waals surface area (Å²) in [5.41, 5.74) is 4.49. The lowest BCUT2D eigenvalue weighted by Gasteiger charge is -2.07. The molecule has 0 atom stereocenters. The third-order valence-electron chi connectivity index (χ3n) is 2.77. The monoisotopic (exact) mass is 213 g/mol. The Balaban J connectivity index is 2.31. The topological polar surface area (TPSA) is 26.9 Å². The molecule has 0 bridgehead atoms. The van der Waals surface area contributed by atoms with E-state index in [4.69, 9.17) is 0 Å². The highest BCUT2D eigenvalue weighted by Gasteiger charge is 2.07. The van der Waals surface area contributed by atoms with Crippen molar-refractivity contribution in [3.63, 3.8) is 0 Å². The number of aromatic nitrogens is 1. The molecule has 0 spiro atoms. The normalized spacial score (nSPS) is 10.4. The molecule has 2 rings (SSSR count). The van der Waals surface area contributed by atoms with Crippen LogP contribution < -0.4 is 4.73 Å². The van der Waals surface area contributed by atoms with E-state index in [9.17, 15) is 5.21 Å². The summed E-state index contributed by atoms with van der Waals surface area (Å²) in [7, 11) is 0. The molecule has 0 aliphatic rings. The van der Waals surface area contributed by atoms with Crippen molar-refractivity contribution >= 4 is 0 Å². The van der Waals surface area contributed by atoms with Crippen LogP contribution in [-0.2, 0) is 6.42 Å². The fourth-order valence-corrected chi connectivity index (χ4v) is 1.84. The van der Waals surface area contributed by atoms with Crippen LogP contribution in [0.25, 0.3) is 0 Å². The average molecular weight is 213 g/mol. The van der Waals surface area contributed by atoms with Crippen LogP contribution >= 0.6 is 0 Å². The van der Waals surface area contributed by atoms with Gasteiger partial charge in [0.15, 0.2) is 11.9 Å². The van der Waals surface area contributed by atoms with E-state index in [0.29, 0.717) is 6.42 Å². The van der Waals surface area contributed by atoms with E-state index >= 15 is 0 Å². The molecule has 0 aliphatic carbocycles. The maximum atomic E-state index is 11.5. The van der Waals surface area contributed by atoms with E-state index in [1.54, 1.807) is 12.3 Å². The maximum Gasteiger partial charge on any atom is 0.197 e. The van der Waals surface area contributed by atoms with E-state index < -0.39 is 0 Å². The van der Waals surface area contributed by atoms with Gasteiger partial charge >= 0.3 is 0 Å². The summed E-state index contributed by atoms with van der Waals surface area (Å²) in [6, 6.07) is 11.8. The SMILES string of the molecule is Cc1ccc(Cc2cccc[n+]2[O-])c(C)c1. The second-order valence-electron chi connectivity index (χ2n) is 4.12. The maximum absolute atomic E-state index is 11.5. The fourth-order valence-electron chi connectivity index (χ4n) is 1.84. The van der Waals surface area contributed by atoms with Gasteiger partial charge in [0.1, 0.15) is 0 Å². The van der Waals surface area contributed by atoms with Gasteiger partial charge in [-0.3, -0.25) is 0 Å². The van der Waals surface area contributed by atoms with Gasteiger partial charge in [0.05, 0.1) is 6.42 Å². The molecule has 0 radical (unpaired) electrons. The Morgan fingerprint density at radius 1 is 1.12 bits per heavy atom. The van der Waals surface area contributed by atoms with Gasteiger partial charge in [-0.2, -0.15) is 4.73 Å². The van der Waals surface area contributed by atoms with Crippen LogP contribution in [-0.4, -0.2) is 0 Å². The Labute approximate surface area is 95.8 Å². The van der Waals surface area contributed by atoms with Gasteiger partial charge in [-0.05, 0) is 25.0 Å². The molecule has 1 heterocycles. The highest BCUT2D eigenvalue weighted by Crippen LogP contribution is 2.13. The molecule has 0 saturated heterocycles. The molecule has 16 heavy (non-hydrogen) atoms. The lowest BCUT2D eigenvalue weighted by molar-refractivity contribution is -0.613. The summed E-state index contributed by atoms with van der Waals surface area (Å²) in [6.07, 6.45) is 2.23. The molecule has 0 amide bonds. The van der Waals surface area contributed by atoms with Crippen molar-refractivity contribution in [2.75, 3.05) is 0 Å². The van der Waals surface area contributed by atoms with Crippen molar-refractivity contribution in [1.29, 1.82) is 0 Å². The largest absolute Gasteiger partial charge is 0.618 e. The van der Waals surface area contributed by atoms with Gasteiger partial charge in [-0.15, -0.1) is 0 Å². The quantitative estimate of drug-likeness (QED) is 0.556. The second-order valence-corrected chi connectivity index (χ2v) is 4.12. The first kappa shape index (κ1) is 10.7. The highest BCUT2D eigenvalue weighted by molar-refractivity contribution is 5.32. The number of nitrogens with zero attached hydrogens (tertiary/aromatic N) is 1. The van der Waals surface area contributed by atoms with Crippen LogP contribution in [0, 0.1) is 19.1 Å². The van der Waals surface area contributed by atoms with Crippen LogP contribution in [0.3, 0.4) is 0 Å². The summed E-state index contributed by atoms with van der Waals surface area (Å²) < 4.78 is 0.930. The summed E-state index contributed by atoms with van der Waals surface area (Å²) in [5, 5.41) is 11.5. The van der Waals surface area contributed by atoms with Gasteiger partial charge in [0.2, 0.25) is 0 Å². The number of rotatable bonds is 2. The highest BCUT2D eigenvalue weighted by atomic mass is 16.5. The summed E-state index contributed by atoms with van der Waals surface area (Å²) in [6.45, 7) is 4.16.